The lowest BCUT2D eigenvalue weighted by Gasteiger charge is -1.99. The minimum Gasteiger partial charge on any atom is -0.0842 e. The third kappa shape index (κ3) is 1.83. The predicted molar refractivity (Wildman–Crippen MR) is 43.8 cm³/mol. The maximum atomic E-state index is 7.59. The molecule has 0 aliphatic carbocycles. The Morgan fingerprint density at radius 1 is 1.44 bits per heavy atom. The van der Waals surface area contributed by atoms with Gasteiger partial charge >= 0.3 is 0 Å². The Kier molecular flexibility index (Phi) is 1.84. The molecule has 0 saturated carbocycles. The Morgan fingerprint density at radius 2 is 2.00 bits per heavy atom. The molecule has 0 radical (unpaired) electrons. The highest BCUT2D eigenvalue weighted by molar-refractivity contribution is 9.09. The van der Waals surface area contributed by atoms with Crippen molar-refractivity contribution in [3.05, 3.63) is 35.9 Å². The van der Waals surface area contributed by atoms with Crippen LogP contribution >= 0.6 is 15.9 Å². The number of alkyl halides is 1. The molecule has 1 aromatic rings. The highest BCUT2D eigenvalue weighted by atomic mass is 79.9. The van der Waals surface area contributed by atoms with Crippen LogP contribution in [0.25, 0.3) is 0 Å². The first-order valence-electron chi connectivity index (χ1n) is 3.35. The SMILES string of the molecule is [2H][C@](C)(Br)c1ccccc1. The lowest BCUT2D eigenvalue weighted by atomic mass is 10.2. The largest absolute Gasteiger partial charge is 0.0842 e. The van der Waals surface area contributed by atoms with Gasteiger partial charge in [-0.1, -0.05) is 46.3 Å². The average molecular weight is 186 g/mol. The van der Waals surface area contributed by atoms with Crippen LogP contribution < -0.4 is 0 Å². The Hall–Kier alpha value is -0.300. The van der Waals surface area contributed by atoms with E-state index in [2.05, 4.69) is 15.9 Å². The first-order chi connectivity index (χ1) is 4.61. The minimum absolute atomic E-state index is 0.645. The highest BCUT2D eigenvalue weighted by Crippen LogP contribution is 2.19. The maximum absolute atomic E-state index is 7.59. The van der Waals surface area contributed by atoms with Gasteiger partial charge in [-0.3, -0.25) is 0 Å². The van der Waals surface area contributed by atoms with Gasteiger partial charge in [0.2, 0.25) is 0 Å². The van der Waals surface area contributed by atoms with Crippen LogP contribution in [-0.2, 0) is 0 Å². The van der Waals surface area contributed by atoms with Crippen LogP contribution in [0, 0.1) is 0 Å². The Morgan fingerprint density at radius 3 is 2.33 bits per heavy atom. The van der Waals surface area contributed by atoms with Crippen molar-refractivity contribution in [3.63, 3.8) is 0 Å². The molecular weight excluding hydrogens is 176 g/mol. The summed E-state index contributed by atoms with van der Waals surface area (Å²) in [6.45, 7) is 1.81. The van der Waals surface area contributed by atoms with Crippen molar-refractivity contribution in [1.82, 2.24) is 0 Å². The summed E-state index contributed by atoms with van der Waals surface area (Å²) in [5.74, 6) is 0. The van der Waals surface area contributed by atoms with Gasteiger partial charge in [-0.2, -0.15) is 0 Å². The molecule has 1 heteroatoms. The van der Waals surface area contributed by atoms with Crippen molar-refractivity contribution in [3.8, 4) is 0 Å². The van der Waals surface area contributed by atoms with Crippen molar-refractivity contribution in [2.24, 2.45) is 0 Å². The molecule has 48 valence electrons. The first kappa shape index (κ1) is 5.48. The van der Waals surface area contributed by atoms with Crippen LogP contribution in [0.5, 0.6) is 0 Å². The van der Waals surface area contributed by atoms with E-state index in [0.29, 0.717) is 0 Å². The molecule has 0 saturated heterocycles. The second-order valence-corrected chi connectivity index (χ2v) is 3.09. The third-order valence-corrected chi connectivity index (χ3v) is 1.63. The molecule has 0 unspecified atom stereocenters. The van der Waals surface area contributed by atoms with Crippen LogP contribution in [0.4, 0.5) is 0 Å². The summed E-state index contributed by atoms with van der Waals surface area (Å²) in [6, 6.07) is 9.68. The molecule has 0 fully saturated rings. The molecule has 1 rings (SSSR count). The zero-order valence-corrected chi connectivity index (χ0v) is 6.85. The van der Waals surface area contributed by atoms with Crippen molar-refractivity contribution >= 4 is 15.9 Å². The minimum atomic E-state index is -0.645. The average Bonchev–Trinajstić information content (AvgIpc) is 1.88. The fourth-order valence-corrected chi connectivity index (χ4v) is 0.932. The van der Waals surface area contributed by atoms with Gasteiger partial charge < -0.3 is 0 Å². The zero-order chi connectivity index (χ0) is 7.61. The van der Waals surface area contributed by atoms with Crippen molar-refractivity contribution < 1.29 is 1.37 Å². The Labute approximate surface area is 65.4 Å². The van der Waals surface area contributed by atoms with Gasteiger partial charge in [0.05, 0.1) is 0 Å². The van der Waals surface area contributed by atoms with E-state index in [-0.39, 0.29) is 0 Å². The second-order valence-electron chi connectivity index (χ2n) is 1.90. The monoisotopic (exact) mass is 185 g/mol. The van der Waals surface area contributed by atoms with E-state index in [1.54, 1.807) is 0 Å². The van der Waals surface area contributed by atoms with Gasteiger partial charge in [-0.25, -0.2) is 0 Å². The molecule has 0 bridgehead atoms. The van der Waals surface area contributed by atoms with Crippen LogP contribution in [0.1, 0.15) is 18.7 Å². The summed E-state index contributed by atoms with van der Waals surface area (Å²) in [7, 11) is 0. The fraction of sp³-hybridized carbons (Fsp3) is 0.250. The van der Waals surface area contributed by atoms with Gasteiger partial charge in [-0.15, -0.1) is 0 Å². The topological polar surface area (TPSA) is 0 Å². The van der Waals surface area contributed by atoms with E-state index < -0.39 is 4.80 Å². The molecule has 1 atom stereocenters. The van der Waals surface area contributed by atoms with Crippen LogP contribution in [0.2, 0.25) is 0 Å². The Balaban J connectivity index is 2.97. The number of hydrogen-bond acceptors (Lipinski definition) is 0. The molecule has 0 spiro atoms. The molecule has 0 aromatic heterocycles. The number of halogens is 1. The Bertz CT molecular complexity index is 200. The van der Waals surface area contributed by atoms with Crippen LogP contribution in [0.3, 0.4) is 0 Å². The highest BCUT2D eigenvalue weighted by Gasteiger charge is 1.95. The molecular formula is C8H9Br. The fourth-order valence-electron chi connectivity index (χ4n) is 0.668. The standard InChI is InChI=1S/C8H9Br/c1-7(9)8-5-3-2-4-6-8/h2-7H,1H3/t7-/m1/s1/i7D. The smallest absolute Gasteiger partial charge is 0.0470 e. The van der Waals surface area contributed by atoms with Gasteiger partial charge in [0.15, 0.2) is 0 Å². The molecule has 1 aromatic carbocycles. The molecule has 0 nitrogen and oxygen atoms in total. The second kappa shape index (κ2) is 3.02. The summed E-state index contributed by atoms with van der Waals surface area (Å²) < 4.78 is 7.59. The summed E-state index contributed by atoms with van der Waals surface area (Å²) in [4.78, 5) is -0.645. The molecule has 0 amide bonds. The van der Waals surface area contributed by atoms with E-state index >= 15 is 0 Å². The van der Waals surface area contributed by atoms with E-state index in [1.165, 1.54) is 0 Å². The summed E-state index contributed by atoms with van der Waals surface area (Å²) in [5, 5.41) is 0. The first-order valence-corrected chi connectivity index (χ1v) is 3.64. The summed E-state index contributed by atoms with van der Waals surface area (Å²) in [5.41, 5.74) is 0.981. The number of benzene rings is 1. The van der Waals surface area contributed by atoms with E-state index in [1.807, 2.05) is 37.3 Å². The van der Waals surface area contributed by atoms with Gasteiger partial charge in [0.25, 0.3) is 0 Å². The molecule has 0 aliphatic heterocycles. The summed E-state index contributed by atoms with van der Waals surface area (Å²) in [6.07, 6.45) is 0. The quantitative estimate of drug-likeness (QED) is 0.591. The number of hydrogen-bond donors (Lipinski definition) is 0. The van der Waals surface area contributed by atoms with Crippen LogP contribution in [-0.4, -0.2) is 0 Å². The van der Waals surface area contributed by atoms with Crippen molar-refractivity contribution in [2.75, 3.05) is 0 Å². The van der Waals surface area contributed by atoms with Gasteiger partial charge in [-0.05, 0) is 12.5 Å². The molecule has 9 heavy (non-hydrogen) atoms. The van der Waals surface area contributed by atoms with E-state index in [9.17, 15) is 0 Å². The number of rotatable bonds is 1. The summed E-state index contributed by atoms with van der Waals surface area (Å²) >= 11 is 3.25. The maximum Gasteiger partial charge on any atom is 0.0470 e. The van der Waals surface area contributed by atoms with E-state index in [0.717, 1.165) is 5.56 Å². The van der Waals surface area contributed by atoms with Gasteiger partial charge in [0, 0.05) is 6.17 Å². The molecule has 0 heterocycles. The van der Waals surface area contributed by atoms with Crippen molar-refractivity contribution in [1.29, 1.82) is 0 Å². The third-order valence-electron chi connectivity index (χ3n) is 1.17. The molecule has 0 N–H and O–H groups in total. The molecule has 0 aliphatic rings. The van der Waals surface area contributed by atoms with Gasteiger partial charge in [0.1, 0.15) is 0 Å². The lowest BCUT2D eigenvalue weighted by Crippen LogP contribution is -1.79. The normalized spacial score (nSPS) is 18.2. The van der Waals surface area contributed by atoms with Crippen molar-refractivity contribution in [2.45, 2.75) is 11.7 Å². The van der Waals surface area contributed by atoms with Crippen LogP contribution in [0.15, 0.2) is 30.3 Å². The lowest BCUT2D eigenvalue weighted by molar-refractivity contribution is 1.12. The zero-order valence-electron chi connectivity index (χ0n) is 6.26. The predicted octanol–water partition coefficient (Wildman–Crippen LogP) is 3.14. The van der Waals surface area contributed by atoms with E-state index in [4.69, 9.17) is 1.37 Å².